The zero-order chi connectivity index (χ0) is 41.8. The van der Waals surface area contributed by atoms with E-state index in [0.717, 1.165) is 50.4 Å². The van der Waals surface area contributed by atoms with Gasteiger partial charge in [-0.25, -0.2) is 14.5 Å². The maximum absolute atomic E-state index is 5.19. The molecular weight excluding hydrogens is 755 g/mol. The smallest absolute Gasteiger partial charge is 0.159 e. The molecule has 1 atom stereocenters. The van der Waals surface area contributed by atoms with E-state index >= 15 is 0 Å². The first-order valence-electron chi connectivity index (χ1n) is 21.2. The van der Waals surface area contributed by atoms with E-state index in [4.69, 9.17) is 9.98 Å². The van der Waals surface area contributed by atoms with E-state index < -0.39 is 0 Å². The lowest BCUT2D eigenvalue weighted by atomic mass is 9.91. The molecule has 1 aromatic heterocycles. The van der Waals surface area contributed by atoms with Gasteiger partial charge in [-0.1, -0.05) is 152 Å². The quantitative estimate of drug-likeness (QED) is 0.148. The highest BCUT2D eigenvalue weighted by molar-refractivity contribution is 6.13. The number of hydrogen-bond acceptors (Lipinski definition) is 3. The highest BCUT2D eigenvalue weighted by Gasteiger charge is 2.42. The number of aryl methyl sites for hydroxylation is 1. The zero-order valence-electron chi connectivity index (χ0n) is 34.7. The van der Waals surface area contributed by atoms with Gasteiger partial charge in [0, 0.05) is 63.0 Å². The lowest BCUT2D eigenvalue weighted by Gasteiger charge is -2.30. The molecule has 0 amide bonds. The van der Waals surface area contributed by atoms with E-state index in [2.05, 4.69) is 225 Å². The minimum absolute atomic E-state index is 0.305. The number of para-hydroxylation sites is 3. The molecule has 11 rings (SSSR count). The average Bonchev–Trinajstić information content (AvgIpc) is 3.85. The van der Waals surface area contributed by atoms with Gasteiger partial charge in [0.15, 0.2) is 17.2 Å². The normalized spacial score (nSPS) is 15.0. The summed E-state index contributed by atoms with van der Waals surface area (Å²) in [6, 6.07) is 71.0. The van der Waals surface area contributed by atoms with Crippen LogP contribution >= 0.6 is 0 Å². The third-order valence-corrected chi connectivity index (χ3v) is 12.7. The van der Waals surface area contributed by atoms with Crippen molar-refractivity contribution in [3.05, 3.63) is 240 Å². The molecule has 0 bridgehead atoms. The molecular formula is C57H44N5+. The van der Waals surface area contributed by atoms with Crippen molar-refractivity contribution in [2.75, 3.05) is 7.05 Å². The van der Waals surface area contributed by atoms with Gasteiger partial charge < -0.3 is 10.3 Å². The molecule has 9 aromatic rings. The van der Waals surface area contributed by atoms with E-state index in [1.54, 1.807) is 0 Å². The molecule has 62 heavy (non-hydrogen) atoms. The lowest BCUT2D eigenvalue weighted by Crippen LogP contribution is -2.33. The zero-order valence-corrected chi connectivity index (χ0v) is 34.7. The Morgan fingerprint density at radius 2 is 1.16 bits per heavy atom. The molecule has 0 radical (unpaired) electrons. The van der Waals surface area contributed by atoms with E-state index in [1.165, 1.54) is 55.8 Å². The standard InChI is InChI=1S/C57H44N5/c1-37-36-44(40-16-6-4-7-17-40)32-35-46(37)53-49-22-10-13-23-50(49)58-54(53)38(2)39-26-28-42(29-27-39)56-59-55(41-18-8-5-9-19-41)60-57(61-56)43-30-33-45(34-31-43)62(3)51-24-14-11-20-47(51)48-21-12-15-25-52(48)62/h4-36,55,58H,2H2,1,3H3,(H,59,60,61)/q+1. The molecule has 2 N–H and O–H groups in total. The topological polar surface area (TPSA) is 52.5 Å². The number of quaternary nitrogens is 1. The Kier molecular flexibility index (Phi) is 8.99. The molecule has 8 aromatic carbocycles. The van der Waals surface area contributed by atoms with Crippen LogP contribution in [0.25, 0.3) is 49.9 Å². The highest BCUT2D eigenvalue weighted by atomic mass is 15.4. The number of hydrogen-bond donors (Lipinski definition) is 2. The molecule has 0 aliphatic carbocycles. The predicted octanol–water partition coefficient (Wildman–Crippen LogP) is 13.9. The van der Waals surface area contributed by atoms with Crippen LogP contribution in [0, 0.1) is 6.92 Å². The summed E-state index contributed by atoms with van der Waals surface area (Å²) in [5.41, 5.74) is 19.3. The number of nitrogens with one attached hydrogen (secondary N) is 2. The van der Waals surface area contributed by atoms with Gasteiger partial charge in [0.25, 0.3) is 0 Å². The van der Waals surface area contributed by atoms with Crippen LogP contribution in [0.3, 0.4) is 0 Å². The number of aromatic nitrogens is 1. The highest BCUT2D eigenvalue weighted by Crippen LogP contribution is 2.56. The van der Waals surface area contributed by atoms with Crippen LogP contribution in [0.4, 0.5) is 17.1 Å². The van der Waals surface area contributed by atoms with Crippen molar-refractivity contribution in [3.8, 4) is 33.4 Å². The number of rotatable bonds is 8. The second kappa shape index (κ2) is 15.0. The Labute approximate surface area is 362 Å². The molecule has 2 aliphatic heterocycles. The van der Waals surface area contributed by atoms with E-state index in [1.807, 2.05) is 6.07 Å². The van der Waals surface area contributed by atoms with Gasteiger partial charge in [-0.15, -0.1) is 0 Å². The van der Waals surface area contributed by atoms with Crippen LogP contribution in [0.15, 0.2) is 217 Å². The number of aromatic amines is 1. The Bertz CT molecular complexity index is 3180. The van der Waals surface area contributed by atoms with Crippen molar-refractivity contribution >= 4 is 45.2 Å². The molecule has 1 unspecified atom stereocenters. The second-order valence-corrected chi connectivity index (χ2v) is 16.3. The van der Waals surface area contributed by atoms with Gasteiger partial charge in [0.05, 0.1) is 12.7 Å². The Morgan fingerprint density at radius 1 is 0.565 bits per heavy atom. The van der Waals surface area contributed by atoms with Gasteiger partial charge in [0.1, 0.15) is 17.7 Å². The summed E-state index contributed by atoms with van der Waals surface area (Å²) in [7, 11) is 2.28. The first-order chi connectivity index (χ1) is 30.4. The summed E-state index contributed by atoms with van der Waals surface area (Å²) in [5, 5.41) is 4.83. The van der Waals surface area contributed by atoms with Gasteiger partial charge in [-0.3, -0.25) is 0 Å². The van der Waals surface area contributed by atoms with Crippen molar-refractivity contribution in [1.82, 2.24) is 14.8 Å². The van der Waals surface area contributed by atoms with Crippen molar-refractivity contribution in [2.45, 2.75) is 13.1 Å². The molecule has 296 valence electrons. The molecule has 0 saturated carbocycles. The van der Waals surface area contributed by atoms with Crippen LogP contribution in [0.2, 0.25) is 0 Å². The number of H-pyrrole nitrogens is 1. The SMILES string of the molecule is C=C(c1ccc(C2=NC(c3ccc([N+]4(C)c5ccccc5-c5ccccc54)cc3)=NC(c3ccccc3)N2)cc1)c1[nH]c2ccccc2c1-c1ccc(-c2ccccc2)cc1C. The summed E-state index contributed by atoms with van der Waals surface area (Å²) in [6.45, 7) is 6.88. The van der Waals surface area contributed by atoms with Crippen LogP contribution in [0.5, 0.6) is 0 Å². The fourth-order valence-corrected chi connectivity index (χ4v) is 9.41. The van der Waals surface area contributed by atoms with Gasteiger partial charge >= 0.3 is 0 Å². The summed E-state index contributed by atoms with van der Waals surface area (Å²) < 4.78 is 0.597. The number of fused-ring (bicyclic) bond motifs is 4. The lowest BCUT2D eigenvalue weighted by molar-refractivity contribution is 0.642. The van der Waals surface area contributed by atoms with Crippen molar-refractivity contribution < 1.29 is 0 Å². The van der Waals surface area contributed by atoms with Crippen LogP contribution in [0.1, 0.15) is 39.7 Å². The summed E-state index contributed by atoms with van der Waals surface area (Å²) in [4.78, 5) is 14.1. The minimum atomic E-state index is -0.305. The third-order valence-electron chi connectivity index (χ3n) is 12.7. The Morgan fingerprint density at radius 3 is 1.85 bits per heavy atom. The Balaban J connectivity index is 0.928. The summed E-state index contributed by atoms with van der Waals surface area (Å²) in [6.07, 6.45) is -0.305. The molecule has 3 heterocycles. The van der Waals surface area contributed by atoms with Crippen molar-refractivity contribution in [3.63, 3.8) is 0 Å². The van der Waals surface area contributed by atoms with Crippen molar-refractivity contribution in [2.24, 2.45) is 9.98 Å². The van der Waals surface area contributed by atoms with Gasteiger partial charge in [-0.05, 0) is 76.2 Å². The first kappa shape index (κ1) is 37.2. The number of nitrogens with zero attached hydrogens (tertiary/aromatic N) is 3. The maximum atomic E-state index is 5.19. The summed E-state index contributed by atoms with van der Waals surface area (Å²) >= 11 is 0. The summed E-state index contributed by atoms with van der Waals surface area (Å²) in [5.74, 6) is 1.46. The van der Waals surface area contributed by atoms with Crippen molar-refractivity contribution in [1.29, 1.82) is 0 Å². The number of aliphatic imine (C=N–C) groups is 2. The van der Waals surface area contributed by atoms with Crippen LogP contribution in [-0.4, -0.2) is 23.7 Å². The fourth-order valence-electron chi connectivity index (χ4n) is 9.41. The van der Waals surface area contributed by atoms with Crippen LogP contribution < -0.4 is 9.80 Å². The molecule has 5 heteroatoms. The first-order valence-corrected chi connectivity index (χ1v) is 21.2. The number of amidine groups is 2. The molecule has 0 spiro atoms. The molecule has 0 saturated heterocycles. The average molecular weight is 799 g/mol. The largest absolute Gasteiger partial charge is 0.354 e. The minimum Gasteiger partial charge on any atom is -0.354 e. The monoisotopic (exact) mass is 798 g/mol. The third kappa shape index (κ3) is 6.21. The van der Waals surface area contributed by atoms with Gasteiger partial charge in [0.2, 0.25) is 0 Å². The predicted molar refractivity (Wildman–Crippen MR) is 259 cm³/mol. The van der Waals surface area contributed by atoms with E-state index in [0.29, 0.717) is 10.3 Å². The van der Waals surface area contributed by atoms with E-state index in [-0.39, 0.29) is 6.17 Å². The van der Waals surface area contributed by atoms with E-state index in [9.17, 15) is 0 Å². The Hall–Kier alpha value is -7.86. The van der Waals surface area contributed by atoms with Crippen LogP contribution in [-0.2, 0) is 0 Å². The molecule has 0 fully saturated rings. The molecule has 5 nitrogen and oxygen atoms in total. The van der Waals surface area contributed by atoms with Gasteiger partial charge in [-0.2, -0.15) is 0 Å². The number of benzene rings is 8. The molecule has 2 aliphatic rings. The maximum Gasteiger partial charge on any atom is 0.159 e. The second-order valence-electron chi connectivity index (χ2n) is 16.3. The fraction of sp³-hybridized carbons (Fsp3) is 0.0526.